The zero-order valence-electron chi connectivity index (χ0n) is 14.3. The van der Waals surface area contributed by atoms with Gasteiger partial charge in [-0.3, -0.25) is 9.59 Å². The fraction of sp³-hybridized carbons (Fsp3) is 0.300. The zero-order chi connectivity index (χ0) is 17.9. The molecule has 0 aliphatic carbocycles. The summed E-state index contributed by atoms with van der Waals surface area (Å²) in [6.45, 7) is 2.26. The van der Waals surface area contributed by atoms with E-state index in [2.05, 4.69) is 5.32 Å². The number of thioether (sulfide) groups is 1. The Morgan fingerprint density at radius 1 is 1.04 bits per heavy atom. The lowest BCUT2D eigenvalue weighted by atomic mass is 10.2. The summed E-state index contributed by atoms with van der Waals surface area (Å²) in [6.07, 6.45) is -0.00169. The van der Waals surface area contributed by atoms with Crippen LogP contribution >= 0.6 is 11.8 Å². The minimum Gasteiger partial charge on any atom is -0.452 e. The highest BCUT2D eigenvalue weighted by molar-refractivity contribution is 7.99. The van der Waals surface area contributed by atoms with Gasteiger partial charge in [-0.2, -0.15) is 0 Å². The second kappa shape index (κ2) is 10.6. The van der Waals surface area contributed by atoms with Crippen molar-refractivity contribution < 1.29 is 14.3 Å². The largest absolute Gasteiger partial charge is 0.452 e. The fourth-order valence-corrected chi connectivity index (χ4v) is 3.06. The van der Waals surface area contributed by atoms with Crippen molar-refractivity contribution >= 4 is 23.6 Å². The molecule has 25 heavy (non-hydrogen) atoms. The Balaban J connectivity index is 1.72. The molecule has 2 rings (SSSR count). The lowest BCUT2D eigenvalue weighted by Gasteiger charge is -2.16. The molecule has 1 atom stereocenters. The van der Waals surface area contributed by atoms with Crippen LogP contribution in [0.5, 0.6) is 0 Å². The van der Waals surface area contributed by atoms with Gasteiger partial charge in [0, 0.05) is 17.2 Å². The summed E-state index contributed by atoms with van der Waals surface area (Å²) in [5.41, 5.74) is 1.01. The summed E-state index contributed by atoms with van der Waals surface area (Å²) in [7, 11) is 0. The number of benzene rings is 2. The van der Waals surface area contributed by atoms with Crippen LogP contribution in [0, 0.1) is 0 Å². The molecule has 0 radical (unpaired) electrons. The predicted octanol–water partition coefficient (Wildman–Crippen LogP) is 3.81. The van der Waals surface area contributed by atoms with Crippen LogP contribution in [0.4, 0.5) is 0 Å². The Labute approximate surface area is 153 Å². The van der Waals surface area contributed by atoms with Crippen molar-refractivity contribution in [3.63, 3.8) is 0 Å². The van der Waals surface area contributed by atoms with Crippen molar-refractivity contribution in [1.82, 2.24) is 5.32 Å². The monoisotopic (exact) mass is 357 g/mol. The van der Waals surface area contributed by atoms with Crippen LogP contribution in [-0.4, -0.2) is 23.7 Å². The van der Waals surface area contributed by atoms with Crippen LogP contribution in [-0.2, 0) is 20.9 Å². The van der Waals surface area contributed by atoms with Crippen LogP contribution in [0.2, 0.25) is 0 Å². The lowest BCUT2D eigenvalue weighted by molar-refractivity contribution is -0.155. The zero-order valence-corrected chi connectivity index (χ0v) is 15.1. The molecule has 0 saturated carbocycles. The van der Waals surface area contributed by atoms with E-state index in [0.29, 0.717) is 18.7 Å². The fourth-order valence-electron chi connectivity index (χ4n) is 2.21. The number of ether oxygens (including phenoxy) is 1. The number of carbonyl (C=O) groups is 2. The molecule has 1 unspecified atom stereocenters. The number of carbonyl (C=O) groups excluding carboxylic acids is 2. The molecule has 0 aliphatic rings. The number of rotatable bonds is 9. The third-order valence-electron chi connectivity index (χ3n) is 3.56. The van der Waals surface area contributed by atoms with Crippen LogP contribution in [0.3, 0.4) is 0 Å². The number of hydrogen-bond acceptors (Lipinski definition) is 4. The van der Waals surface area contributed by atoms with Crippen molar-refractivity contribution in [1.29, 1.82) is 0 Å². The maximum absolute atomic E-state index is 12.2. The second-order valence-corrected chi connectivity index (χ2v) is 6.67. The van der Waals surface area contributed by atoms with Gasteiger partial charge < -0.3 is 10.1 Å². The van der Waals surface area contributed by atoms with Crippen molar-refractivity contribution in [2.75, 3.05) is 5.75 Å². The number of hydrogen-bond donors (Lipinski definition) is 1. The summed E-state index contributed by atoms with van der Waals surface area (Å²) >= 11 is 1.60. The van der Waals surface area contributed by atoms with E-state index < -0.39 is 6.10 Å². The van der Waals surface area contributed by atoms with Crippen molar-refractivity contribution in [3.05, 3.63) is 66.2 Å². The van der Waals surface area contributed by atoms with Crippen molar-refractivity contribution in [2.24, 2.45) is 0 Å². The Hall–Kier alpha value is -2.27. The minimum atomic E-state index is -0.738. The van der Waals surface area contributed by atoms with E-state index in [9.17, 15) is 9.59 Å². The number of nitrogens with one attached hydrogen (secondary N) is 1. The van der Waals surface area contributed by atoms with Gasteiger partial charge in [0.25, 0.3) is 5.91 Å². The molecule has 5 heteroatoms. The van der Waals surface area contributed by atoms with Gasteiger partial charge in [0.2, 0.25) is 0 Å². The molecular formula is C20H23NO3S. The molecule has 2 aromatic rings. The summed E-state index contributed by atoms with van der Waals surface area (Å²) < 4.78 is 5.32. The first-order valence-corrected chi connectivity index (χ1v) is 9.36. The molecule has 0 saturated heterocycles. The topological polar surface area (TPSA) is 55.4 Å². The lowest BCUT2D eigenvalue weighted by Crippen LogP contribution is -2.37. The molecule has 4 nitrogen and oxygen atoms in total. The molecule has 2 aromatic carbocycles. The molecule has 0 heterocycles. The van der Waals surface area contributed by atoms with E-state index >= 15 is 0 Å². The van der Waals surface area contributed by atoms with Gasteiger partial charge in [-0.15, -0.1) is 11.8 Å². The van der Waals surface area contributed by atoms with E-state index in [0.717, 1.165) is 10.5 Å². The highest BCUT2D eigenvalue weighted by Gasteiger charge is 2.20. The Kier molecular flexibility index (Phi) is 8.05. The molecule has 132 valence electrons. The third-order valence-corrected chi connectivity index (χ3v) is 4.58. The van der Waals surface area contributed by atoms with Crippen LogP contribution < -0.4 is 5.32 Å². The highest BCUT2D eigenvalue weighted by atomic mass is 32.2. The standard InChI is InChI=1S/C20H23NO3S/c1-2-18(20(23)21-15-16-9-5-3-6-10-16)24-19(22)13-14-25-17-11-7-4-8-12-17/h3-12,18H,2,13-15H2,1H3,(H,21,23). The van der Waals surface area contributed by atoms with Crippen molar-refractivity contribution in [2.45, 2.75) is 37.3 Å². The minimum absolute atomic E-state index is 0.254. The molecule has 0 aromatic heterocycles. The Bertz CT molecular complexity index is 661. The second-order valence-electron chi connectivity index (χ2n) is 5.50. The first-order valence-electron chi connectivity index (χ1n) is 8.38. The van der Waals surface area contributed by atoms with Crippen LogP contribution in [0.25, 0.3) is 0 Å². The number of esters is 1. The summed E-state index contributed by atoms with van der Waals surface area (Å²) in [6, 6.07) is 19.5. The van der Waals surface area contributed by atoms with Gasteiger partial charge in [0.05, 0.1) is 6.42 Å². The summed E-state index contributed by atoms with van der Waals surface area (Å²) in [5.74, 6) is 0.0332. The summed E-state index contributed by atoms with van der Waals surface area (Å²) in [5, 5.41) is 2.82. The Morgan fingerprint density at radius 2 is 1.68 bits per heavy atom. The third kappa shape index (κ3) is 7.01. The van der Waals surface area contributed by atoms with E-state index in [1.54, 1.807) is 11.8 Å². The molecular weight excluding hydrogens is 334 g/mol. The van der Waals surface area contributed by atoms with Crippen LogP contribution in [0.15, 0.2) is 65.6 Å². The Morgan fingerprint density at radius 3 is 2.32 bits per heavy atom. The van der Waals surface area contributed by atoms with Gasteiger partial charge in [0.1, 0.15) is 0 Å². The number of amides is 1. The maximum Gasteiger partial charge on any atom is 0.307 e. The normalized spacial score (nSPS) is 11.6. The van der Waals surface area contributed by atoms with Crippen LogP contribution in [0.1, 0.15) is 25.3 Å². The van der Waals surface area contributed by atoms with Gasteiger partial charge >= 0.3 is 5.97 Å². The van der Waals surface area contributed by atoms with E-state index in [4.69, 9.17) is 4.74 Å². The van der Waals surface area contributed by atoms with E-state index in [1.165, 1.54) is 0 Å². The van der Waals surface area contributed by atoms with E-state index in [-0.39, 0.29) is 18.3 Å². The summed E-state index contributed by atoms with van der Waals surface area (Å²) in [4.78, 5) is 25.3. The van der Waals surface area contributed by atoms with Gasteiger partial charge in [0.15, 0.2) is 6.10 Å². The molecule has 0 bridgehead atoms. The molecule has 0 spiro atoms. The smallest absolute Gasteiger partial charge is 0.307 e. The van der Waals surface area contributed by atoms with Gasteiger partial charge in [-0.25, -0.2) is 0 Å². The molecule has 0 aliphatic heterocycles. The predicted molar refractivity (Wildman–Crippen MR) is 100 cm³/mol. The first-order chi connectivity index (χ1) is 12.2. The average Bonchev–Trinajstić information content (AvgIpc) is 2.66. The van der Waals surface area contributed by atoms with Crippen molar-refractivity contribution in [3.8, 4) is 0 Å². The first kappa shape index (κ1) is 19.1. The average molecular weight is 357 g/mol. The van der Waals surface area contributed by atoms with Gasteiger partial charge in [-0.05, 0) is 24.1 Å². The SMILES string of the molecule is CCC(OC(=O)CCSc1ccccc1)C(=O)NCc1ccccc1. The molecule has 1 N–H and O–H groups in total. The van der Waals surface area contributed by atoms with E-state index in [1.807, 2.05) is 67.6 Å². The maximum atomic E-state index is 12.2. The van der Waals surface area contributed by atoms with Gasteiger partial charge in [-0.1, -0.05) is 55.5 Å². The quantitative estimate of drug-likeness (QED) is 0.548. The highest BCUT2D eigenvalue weighted by Crippen LogP contribution is 2.18. The molecule has 0 fully saturated rings. The molecule has 1 amide bonds.